The van der Waals surface area contributed by atoms with Crippen LogP contribution in [-0.2, 0) is 0 Å². The highest BCUT2D eigenvalue weighted by atomic mass is 14.3. The summed E-state index contributed by atoms with van der Waals surface area (Å²) >= 11 is 0. The fourth-order valence-electron chi connectivity index (χ4n) is 3.44. The van der Waals surface area contributed by atoms with Gasteiger partial charge in [0, 0.05) is 0 Å². The average molecular weight is 267 g/mol. The third-order valence-electron chi connectivity index (χ3n) is 3.90. The van der Waals surface area contributed by atoms with Gasteiger partial charge >= 0.3 is 0 Å². The Bertz CT molecular complexity index is 243. The number of allylic oxidation sites excluding steroid dienone is 1. The molecule has 0 aromatic rings. The summed E-state index contributed by atoms with van der Waals surface area (Å²) in [6, 6.07) is 0. The predicted octanol–water partition coefficient (Wildman–Crippen LogP) is 7.15. The summed E-state index contributed by atoms with van der Waals surface area (Å²) in [4.78, 5) is 0. The Labute approximate surface area is 123 Å². The molecule has 0 radical (unpaired) electrons. The summed E-state index contributed by atoms with van der Waals surface area (Å²) in [6.45, 7) is 18.5. The Morgan fingerprint density at radius 2 is 1.47 bits per heavy atom. The predicted molar refractivity (Wildman–Crippen MR) is 89.6 cm³/mol. The van der Waals surface area contributed by atoms with Crippen molar-refractivity contribution < 1.29 is 0 Å². The molecule has 0 N–H and O–H groups in total. The van der Waals surface area contributed by atoms with Crippen molar-refractivity contribution in [1.82, 2.24) is 0 Å². The highest BCUT2D eigenvalue weighted by Crippen LogP contribution is 2.42. The molecule has 19 heavy (non-hydrogen) atoms. The maximum absolute atomic E-state index is 4.34. The molecule has 0 aliphatic heterocycles. The molecule has 0 aromatic heterocycles. The van der Waals surface area contributed by atoms with Gasteiger partial charge in [-0.25, -0.2) is 0 Å². The van der Waals surface area contributed by atoms with Crippen molar-refractivity contribution in [2.45, 2.75) is 99.3 Å². The summed E-state index contributed by atoms with van der Waals surface area (Å²) in [5.74, 6) is 0. The number of hydrogen-bond donors (Lipinski definition) is 0. The summed E-state index contributed by atoms with van der Waals surface area (Å²) in [5.41, 5.74) is 2.36. The van der Waals surface area contributed by atoms with E-state index in [2.05, 4.69) is 48.1 Å². The van der Waals surface area contributed by atoms with Crippen LogP contribution in [0.25, 0.3) is 0 Å². The second kappa shape index (κ2) is 8.82. The van der Waals surface area contributed by atoms with E-state index in [4.69, 9.17) is 0 Å². The highest BCUT2D eigenvalue weighted by Gasteiger charge is 2.29. The third-order valence-corrected chi connectivity index (χ3v) is 3.90. The summed E-state index contributed by atoms with van der Waals surface area (Å²) < 4.78 is 0. The topological polar surface area (TPSA) is 0 Å². The van der Waals surface area contributed by atoms with Crippen LogP contribution in [0.2, 0.25) is 0 Å². The lowest BCUT2D eigenvalue weighted by Crippen LogP contribution is -2.24. The molecule has 0 aromatic carbocycles. The van der Waals surface area contributed by atoms with Crippen molar-refractivity contribution in [3.8, 4) is 0 Å². The third kappa shape index (κ3) is 10.2. The van der Waals surface area contributed by atoms with Crippen LogP contribution in [0.3, 0.4) is 0 Å². The van der Waals surface area contributed by atoms with Gasteiger partial charge in [0.05, 0.1) is 0 Å². The Hall–Kier alpha value is -0.260. The molecule has 0 bridgehead atoms. The molecule has 1 unspecified atom stereocenters. The zero-order valence-corrected chi connectivity index (χ0v) is 14.6. The summed E-state index contributed by atoms with van der Waals surface area (Å²) in [6.07, 6.45) is 11.8. The van der Waals surface area contributed by atoms with Crippen molar-refractivity contribution in [3.05, 3.63) is 12.2 Å². The molecule has 0 rings (SSSR count). The first kappa shape index (κ1) is 18.7. The molecule has 0 saturated heterocycles. The first-order chi connectivity index (χ1) is 8.72. The van der Waals surface area contributed by atoms with Gasteiger partial charge in [-0.1, -0.05) is 79.4 Å². The fraction of sp³-hybridized carbons (Fsp3) is 0.895. The van der Waals surface area contributed by atoms with E-state index in [0.717, 1.165) is 0 Å². The lowest BCUT2D eigenvalue weighted by molar-refractivity contribution is 0.170. The van der Waals surface area contributed by atoms with Crippen LogP contribution in [-0.4, -0.2) is 0 Å². The minimum atomic E-state index is 0.423. The van der Waals surface area contributed by atoms with Crippen LogP contribution < -0.4 is 0 Å². The normalized spacial score (nSPS) is 15.3. The van der Waals surface area contributed by atoms with Gasteiger partial charge in [0.25, 0.3) is 0 Å². The quantitative estimate of drug-likeness (QED) is 0.291. The highest BCUT2D eigenvalue weighted by molar-refractivity contribution is 5.00. The molecule has 0 heteroatoms. The first-order valence-electron chi connectivity index (χ1n) is 8.39. The monoisotopic (exact) mass is 266 g/mol. The minimum absolute atomic E-state index is 0.423. The van der Waals surface area contributed by atoms with Crippen molar-refractivity contribution in [2.24, 2.45) is 10.8 Å². The van der Waals surface area contributed by atoms with Crippen LogP contribution in [0.5, 0.6) is 0 Å². The Morgan fingerprint density at radius 3 is 1.95 bits per heavy atom. The van der Waals surface area contributed by atoms with E-state index in [9.17, 15) is 0 Å². The molecule has 114 valence electrons. The van der Waals surface area contributed by atoms with Crippen molar-refractivity contribution in [3.63, 3.8) is 0 Å². The Morgan fingerprint density at radius 1 is 0.895 bits per heavy atom. The van der Waals surface area contributed by atoms with Gasteiger partial charge in [0.15, 0.2) is 0 Å². The summed E-state index contributed by atoms with van der Waals surface area (Å²) in [7, 11) is 0. The molecule has 0 heterocycles. The van der Waals surface area contributed by atoms with Gasteiger partial charge < -0.3 is 0 Å². The van der Waals surface area contributed by atoms with Crippen LogP contribution in [0.15, 0.2) is 12.2 Å². The van der Waals surface area contributed by atoms with Gasteiger partial charge in [-0.3, -0.25) is 0 Å². The van der Waals surface area contributed by atoms with E-state index in [1.165, 1.54) is 63.4 Å². The largest absolute Gasteiger partial charge is 0.0998 e. The average Bonchev–Trinajstić information content (AvgIpc) is 2.23. The molecule has 0 aliphatic rings. The molecule has 0 aliphatic carbocycles. The molecular weight excluding hydrogens is 228 g/mol. The van der Waals surface area contributed by atoms with Gasteiger partial charge in [-0.05, 0) is 42.9 Å². The van der Waals surface area contributed by atoms with E-state index in [1.807, 2.05) is 0 Å². The summed E-state index contributed by atoms with van der Waals surface area (Å²) in [5, 5.41) is 0. The molecule has 0 nitrogen and oxygen atoms in total. The van der Waals surface area contributed by atoms with Crippen LogP contribution in [0.4, 0.5) is 0 Å². The van der Waals surface area contributed by atoms with E-state index >= 15 is 0 Å². The van der Waals surface area contributed by atoms with E-state index in [1.54, 1.807) is 0 Å². The Balaban J connectivity index is 4.51. The zero-order chi connectivity index (χ0) is 14.9. The molecular formula is C19H38. The van der Waals surface area contributed by atoms with Gasteiger partial charge in [0.1, 0.15) is 0 Å². The van der Waals surface area contributed by atoms with E-state index in [0.29, 0.717) is 10.8 Å². The standard InChI is InChI=1S/C19H38/c1-8-10-12-14-19(7,16-18(4,5)6)15-17(3)13-11-9-2/h3,8-16H2,1-2,4-7H3. The minimum Gasteiger partial charge on any atom is -0.0998 e. The number of rotatable bonds is 10. The lowest BCUT2D eigenvalue weighted by Gasteiger charge is -2.37. The SMILES string of the molecule is C=C(CCCC)CC(C)(CCCCC)CC(C)(C)C. The second-order valence-electron chi connectivity index (χ2n) is 8.04. The molecule has 0 fully saturated rings. The number of unbranched alkanes of at least 4 members (excludes halogenated alkanes) is 3. The van der Waals surface area contributed by atoms with Gasteiger partial charge in [0.2, 0.25) is 0 Å². The van der Waals surface area contributed by atoms with Crippen molar-refractivity contribution in [1.29, 1.82) is 0 Å². The van der Waals surface area contributed by atoms with E-state index in [-0.39, 0.29) is 0 Å². The van der Waals surface area contributed by atoms with Crippen LogP contribution >= 0.6 is 0 Å². The second-order valence-corrected chi connectivity index (χ2v) is 8.04. The van der Waals surface area contributed by atoms with Crippen LogP contribution in [0.1, 0.15) is 99.3 Å². The molecule has 0 amide bonds. The maximum Gasteiger partial charge on any atom is -0.0269 e. The molecule has 1 atom stereocenters. The molecule has 0 spiro atoms. The smallest absolute Gasteiger partial charge is 0.0269 e. The zero-order valence-electron chi connectivity index (χ0n) is 14.6. The first-order valence-corrected chi connectivity index (χ1v) is 8.39. The van der Waals surface area contributed by atoms with E-state index < -0.39 is 0 Å². The van der Waals surface area contributed by atoms with Crippen LogP contribution in [0, 0.1) is 10.8 Å². The lowest BCUT2D eigenvalue weighted by atomic mass is 9.69. The Kier molecular flexibility index (Phi) is 8.70. The fourth-order valence-corrected chi connectivity index (χ4v) is 3.44. The molecule has 0 saturated carbocycles. The van der Waals surface area contributed by atoms with Gasteiger partial charge in [-0.15, -0.1) is 0 Å². The maximum atomic E-state index is 4.34. The van der Waals surface area contributed by atoms with Crippen molar-refractivity contribution >= 4 is 0 Å². The van der Waals surface area contributed by atoms with Crippen molar-refractivity contribution in [2.75, 3.05) is 0 Å². The van der Waals surface area contributed by atoms with Gasteiger partial charge in [-0.2, -0.15) is 0 Å². The number of hydrogen-bond acceptors (Lipinski definition) is 0.